The third kappa shape index (κ3) is 2.50. The number of rotatable bonds is 3. The van der Waals surface area contributed by atoms with Crippen LogP contribution >= 0.6 is 0 Å². The van der Waals surface area contributed by atoms with E-state index in [-0.39, 0.29) is 11.9 Å². The maximum atomic E-state index is 13.3. The fourth-order valence-electron chi connectivity index (χ4n) is 2.34. The maximum absolute atomic E-state index is 13.3. The van der Waals surface area contributed by atoms with Gasteiger partial charge in [-0.1, -0.05) is 12.1 Å². The van der Waals surface area contributed by atoms with E-state index < -0.39 is 17.1 Å². The molecule has 0 atom stereocenters. The molecule has 0 saturated carbocycles. The Morgan fingerprint density at radius 3 is 2.55 bits per heavy atom. The lowest BCUT2D eigenvalue weighted by Crippen LogP contribution is -2.30. The van der Waals surface area contributed by atoms with Gasteiger partial charge in [0, 0.05) is 0 Å². The summed E-state index contributed by atoms with van der Waals surface area (Å²) in [5.41, 5.74) is 0.136. The van der Waals surface area contributed by atoms with E-state index in [4.69, 9.17) is 4.74 Å². The summed E-state index contributed by atoms with van der Waals surface area (Å²) in [6, 6.07) is 11.0. The minimum atomic E-state index is -0.592. The van der Waals surface area contributed by atoms with Crippen LogP contribution in [0.4, 0.5) is 4.39 Å². The molecule has 0 amide bonds. The molecule has 3 rings (SSSR count). The molecule has 0 aliphatic carbocycles. The Balaban J connectivity index is 2.13. The standard InChI is InChI=1S/C16H13FN2O3/c1-22-12-5-2-10(3-6-12)9-19-14-7-4-11(17)8-13(14)15(20)18-16(19)21/h2-8H,9H2,1H3,(H,18,20,21). The zero-order valence-electron chi connectivity index (χ0n) is 11.8. The SMILES string of the molecule is COc1ccc(Cn2c(=O)[nH]c(=O)c3cc(F)ccc32)cc1. The van der Waals surface area contributed by atoms with E-state index in [1.165, 1.54) is 16.7 Å². The molecule has 1 aromatic heterocycles. The molecule has 0 unspecified atom stereocenters. The molecule has 112 valence electrons. The van der Waals surface area contributed by atoms with Gasteiger partial charge in [-0.25, -0.2) is 9.18 Å². The lowest BCUT2D eigenvalue weighted by atomic mass is 10.2. The number of hydrogen-bond acceptors (Lipinski definition) is 3. The highest BCUT2D eigenvalue weighted by Crippen LogP contribution is 2.14. The van der Waals surface area contributed by atoms with Crippen LogP contribution in [0, 0.1) is 5.82 Å². The van der Waals surface area contributed by atoms with E-state index >= 15 is 0 Å². The van der Waals surface area contributed by atoms with Crippen molar-refractivity contribution in [2.75, 3.05) is 7.11 Å². The number of hydrogen-bond donors (Lipinski definition) is 1. The number of ether oxygens (including phenoxy) is 1. The fourth-order valence-corrected chi connectivity index (χ4v) is 2.34. The first-order chi connectivity index (χ1) is 10.6. The monoisotopic (exact) mass is 300 g/mol. The third-order valence-corrected chi connectivity index (χ3v) is 3.46. The Morgan fingerprint density at radius 1 is 1.14 bits per heavy atom. The highest BCUT2D eigenvalue weighted by atomic mass is 19.1. The van der Waals surface area contributed by atoms with E-state index in [9.17, 15) is 14.0 Å². The molecular weight excluding hydrogens is 287 g/mol. The van der Waals surface area contributed by atoms with Gasteiger partial charge in [0.1, 0.15) is 11.6 Å². The van der Waals surface area contributed by atoms with Gasteiger partial charge >= 0.3 is 5.69 Å². The first-order valence-electron chi connectivity index (χ1n) is 6.64. The van der Waals surface area contributed by atoms with Crippen LogP contribution in [0.2, 0.25) is 0 Å². The summed E-state index contributed by atoms with van der Waals surface area (Å²) in [6.45, 7) is 0.266. The van der Waals surface area contributed by atoms with Crippen molar-refractivity contribution < 1.29 is 9.13 Å². The number of nitrogens with one attached hydrogen (secondary N) is 1. The Kier molecular flexibility index (Phi) is 3.50. The number of methoxy groups -OCH3 is 1. The Hall–Kier alpha value is -2.89. The van der Waals surface area contributed by atoms with Gasteiger partial charge < -0.3 is 4.74 Å². The highest BCUT2D eigenvalue weighted by molar-refractivity contribution is 5.77. The predicted octanol–water partition coefficient (Wildman–Crippen LogP) is 1.89. The van der Waals surface area contributed by atoms with Crippen molar-refractivity contribution in [2.45, 2.75) is 6.54 Å². The summed E-state index contributed by atoms with van der Waals surface area (Å²) in [6.07, 6.45) is 0. The number of halogens is 1. The van der Waals surface area contributed by atoms with E-state index in [1.807, 2.05) is 12.1 Å². The minimum Gasteiger partial charge on any atom is -0.497 e. The van der Waals surface area contributed by atoms with Crippen molar-refractivity contribution in [1.82, 2.24) is 9.55 Å². The molecule has 0 aliphatic heterocycles. The summed E-state index contributed by atoms with van der Waals surface area (Å²) in [7, 11) is 1.57. The average molecular weight is 300 g/mol. The molecule has 0 spiro atoms. The van der Waals surface area contributed by atoms with Crippen molar-refractivity contribution in [3.05, 3.63) is 74.7 Å². The molecule has 0 aliphatic rings. The van der Waals surface area contributed by atoms with Crippen LogP contribution in [0.5, 0.6) is 5.75 Å². The Bertz CT molecular complexity index is 942. The zero-order chi connectivity index (χ0) is 15.7. The minimum absolute atomic E-state index is 0.146. The molecule has 1 heterocycles. The van der Waals surface area contributed by atoms with Gasteiger partial charge in [-0.05, 0) is 35.9 Å². The first kappa shape index (κ1) is 14.1. The number of aromatic amines is 1. The number of nitrogens with zero attached hydrogens (tertiary/aromatic N) is 1. The molecule has 1 N–H and O–H groups in total. The van der Waals surface area contributed by atoms with Gasteiger partial charge in [0.25, 0.3) is 5.56 Å². The topological polar surface area (TPSA) is 64.1 Å². The van der Waals surface area contributed by atoms with Crippen LogP contribution < -0.4 is 16.0 Å². The second-order valence-electron chi connectivity index (χ2n) is 4.85. The second-order valence-corrected chi connectivity index (χ2v) is 4.85. The summed E-state index contributed by atoms with van der Waals surface area (Å²) in [4.78, 5) is 26.1. The van der Waals surface area contributed by atoms with Crippen LogP contribution in [0.15, 0.2) is 52.1 Å². The normalized spacial score (nSPS) is 10.8. The van der Waals surface area contributed by atoms with Gasteiger partial charge in [0.05, 0.1) is 24.6 Å². The van der Waals surface area contributed by atoms with E-state index in [0.717, 1.165) is 11.6 Å². The predicted molar refractivity (Wildman–Crippen MR) is 80.9 cm³/mol. The Labute approximate surface area is 124 Å². The van der Waals surface area contributed by atoms with Gasteiger partial charge in [-0.2, -0.15) is 0 Å². The summed E-state index contributed by atoms with van der Waals surface area (Å²) >= 11 is 0. The molecule has 3 aromatic rings. The molecule has 6 heteroatoms. The van der Waals surface area contributed by atoms with Crippen LogP contribution in [0.3, 0.4) is 0 Å². The van der Waals surface area contributed by atoms with Crippen LogP contribution in [0.25, 0.3) is 10.9 Å². The summed E-state index contributed by atoms with van der Waals surface area (Å²) < 4.78 is 19.8. The third-order valence-electron chi connectivity index (χ3n) is 3.46. The molecule has 2 aromatic carbocycles. The summed E-state index contributed by atoms with van der Waals surface area (Å²) in [5, 5.41) is 0.146. The molecule has 0 fully saturated rings. The van der Waals surface area contributed by atoms with Crippen LogP contribution in [0.1, 0.15) is 5.56 Å². The lowest BCUT2D eigenvalue weighted by molar-refractivity contribution is 0.414. The van der Waals surface area contributed by atoms with E-state index in [0.29, 0.717) is 11.3 Å². The smallest absolute Gasteiger partial charge is 0.329 e. The van der Waals surface area contributed by atoms with Crippen molar-refractivity contribution in [2.24, 2.45) is 0 Å². The van der Waals surface area contributed by atoms with Crippen LogP contribution in [-0.2, 0) is 6.54 Å². The van der Waals surface area contributed by atoms with Crippen LogP contribution in [-0.4, -0.2) is 16.7 Å². The molecule has 22 heavy (non-hydrogen) atoms. The second kappa shape index (κ2) is 5.48. The largest absolute Gasteiger partial charge is 0.497 e. The van der Waals surface area contributed by atoms with Gasteiger partial charge in [0.15, 0.2) is 0 Å². The zero-order valence-corrected chi connectivity index (χ0v) is 11.8. The van der Waals surface area contributed by atoms with Gasteiger partial charge in [-0.15, -0.1) is 0 Å². The van der Waals surface area contributed by atoms with E-state index in [1.54, 1.807) is 19.2 Å². The molecule has 0 saturated heterocycles. The molecule has 0 bridgehead atoms. The van der Waals surface area contributed by atoms with E-state index in [2.05, 4.69) is 4.98 Å². The van der Waals surface area contributed by atoms with Gasteiger partial charge in [0.2, 0.25) is 0 Å². The molecule has 0 radical (unpaired) electrons. The van der Waals surface area contributed by atoms with Crippen molar-refractivity contribution in [3.63, 3.8) is 0 Å². The molecule has 5 nitrogen and oxygen atoms in total. The van der Waals surface area contributed by atoms with Crippen molar-refractivity contribution in [3.8, 4) is 5.75 Å². The average Bonchev–Trinajstić information content (AvgIpc) is 2.52. The van der Waals surface area contributed by atoms with Gasteiger partial charge in [-0.3, -0.25) is 14.3 Å². The number of benzene rings is 2. The van der Waals surface area contributed by atoms with Crippen molar-refractivity contribution >= 4 is 10.9 Å². The number of H-pyrrole nitrogens is 1. The first-order valence-corrected chi connectivity index (χ1v) is 6.64. The number of aromatic nitrogens is 2. The molecular formula is C16H13FN2O3. The Morgan fingerprint density at radius 2 is 1.86 bits per heavy atom. The quantitative estimate of drug-likeness (QED) is 0.803. The summed E-state index contributed by atoms with van der Waals surface area (Å²) in [5.74, 6) is 0.192. The lowest BCUT2D eigenvalue weighted by Gasteiger charge is -2.10. The maximum Gasteiger partial charge on any atom is 0.329 e. The number of fused-ring (bicyclic) bond motifs is 1. The highest BCUT2D eigenvalue weighted by Gasteiger charge is 2.09. The fraction of sp³-hybridized carbons (Fsp3) is 0.125. The van der Waals surface area contributed by atoms with Crippen molar-refractivity contribution in [1.29, 1.82) is 0 Å².